The first kappa shape index (κ1) is 18.1. The molecular formula is C23H20ClFN4. The van der Waals surface area contributed by atoms with Gasteiger partial charge in [-0.15, -0.1) is 0 Å². The SMILES string of the molecule is Cc1ccc(C2c3[nH]c4cc(F)c(Cl)cc4c3CCN2c2nccc(C)n2)cc1. The third kappa shape index (κ3) is 3.06. The van der Waals surface area contributed by atoms with Crippen LogP contribution in [0.25, 0.3) is 10.9 Å². The van der Waals surface area contributed by atoms with Crippen molar-refractivity contribution >= 4 is 28.5 Å². The molecule has 2 aromatic carbocycles. The molecule has 4 aromatic rings. The van der Waals surface area contributed by atoms with Crippen molar-refractivity contribution in [2.24, 2.45) is 0 Å². The molecule has 1 atom stereocenters. The van der Waals surface area contributed by atoms with Crippen LogP contribution in [0.5, 0.6) is 0 Å². The van der Waals surface area contributed by atoms with E-state index in [1.807, 2.05) is 13.0 Å². The molecule has 0 bridgehead atoms. The van der Waals surface area contributed by atoms with Crippen LogP contribution < -0.4 is 4.90 Å². The second-order valence-corrected chi connectivity index (χ2v) is 7.99. The lowest BCUT2D eigenvalue weighted by atomic mass is 9.92. The summed E-state index contributed by atoms with van der Waals surface area (Å²) in [5.41, 5.74) is 6.25. The van der Waals surface area contributed by atoms with E-state index in [2.05, 4.69) is 51.0 Å². The highest BCUT2D eigenvalue weighted by molar-refractivity contribution is 6.31. The molecule has 1 N–H and O–H groups in total. The molecular weight excluding hydrogens is 387 g/mol. The van der Waals surface area contributed by atoms with Gasteiger partial charge < -0.3 is 9.88 Å². The highest BCUT2D eigenvalue weighted by atomic mass is 35.5. The van der Waals surface area contributed by atoms with Crippen molar-refractivity contribution < 1.29 is 4.39 Å². The number of nitrogens with zero attached hydrogens (tertiary/aromatic N) is 3. The number of aromatic amines is 1. The highest BCUT2D eigenvalue weighted by Gasteiger charge is 2.33. The maximum Gasteiger partial charge on any atom is 0.226 e. The standard InChI is InChI=1S/C23H20ClFN4/c1-13-3-5-15(6-4-13)22-21-16(17-11-18(24)19(25)12-20(17)28-21)8-10-29(22)23-26-9-7-14(2)27-23/h3-7,9,11-12,22,28H,8,10H2,1-2H3. The molecule has 0 radical (unpaired) electrons. The molecule has 0 aliphatic carbocycles. The summed E-state index contributed by atoms with van der Waals surface area (Å²) >= 11 is 6.08. The Kier molecular flexibility index (Phi) is 4.28. The van der Waals surface area contributed by atoms with Crippen LogP contribution in [0.15, 0.2) is 48.7 Å². The number of anilines is 1. The second kappa shape index (κ2) is 6.85. The van der Waals surface area contributed by atoms with Crippen LogP contribution >= 0.6 is 11.6 Å². The van der Waals surface area contributed by atoms with Gasteiger partial charge in [0, 0.05) is 35.0 Å². The molecule has 29 heavy (non-hydrogen) atoms. The minimum Gasteiger partial charge on any atom is -0.356 e. The van der Waals surface area contributed by atoms with Gasteiger partial charge in [-0.05, 0) is 49.6 Å². The van der Waals surface area contributed by atoms with E-state index in [0.717, 1.165) is 40.8 Å². The number of hydrogen-bond acceptors (Lipinski definition) is 3. The molecule has 4 nitrogen and oxygen atoms in total. The molecule has 1 unspecified atom stereocenters. The van der Waals surface area contributed by atoms with E-state index in [-0.39, 0.29) is 11.1 Å². The van der Waals surface area contributed by atoms with Crippen LogP contribution in [0.4, 0.5) is 10.3 Å². The van der Waals surface area contributed by atoms with Crippen molar-refractivity contribution in [3.05, 3.63) is 87.6 Å². The smallest absolute Gasteiger partial charge is 0.226 e. The van der Waals surface area contributed by atoms with Gasteiger partial charge >= 0.3 is 0 Å². The van der Waals surface area contributed by atoms with Gasteiger partial charge in [0.05, 0.1) is 11.1 Å². The van der Waals surface area contributed by atoms with Crippen LogP contribution in [0, 0.1) is 19.7 Å². The Labute approximate surface area is 173 Å². The van der Waals surface area contributed by atoms with Crippen LogP contribution in [-0.2, 0) is 6.42 Å². The highest BCUT2D eigenvalue weighted by Crippen LogP contribution is 2.40. The number of benzene rings is 2. The summed E-state index contributed by atoms with van der Waals surface area (Å²) in [6, 6.07) is 13.5. The summed E-state index contributed by atoms with van der Waals surface area (Å²) in [6.45, 7) is 4.80. The minimum atomic E-state index is -0.413. The molecule has 0 saturated carbocycles. The van der Waals surface area contributed by atoms with E-state index in [4.69, 9.17) is 11.6 Å². The fourth-order valence-corrected chi connectivity index (χ4v) is 4.33. The number of H-pyrrole nitrogens is 1. The maximum atomic E-state index is 14.1. The molecule has 1 aliphatic rings. The van der Waals surface area contributed by atoms with E-state index in [9.17, 15) is 4.39 Å². The van der Waals surface area contributed by atoms with Crippen LogP contribution in [0.1, 0.15) is 34.1 Å². The van der Waals surface area contributed by atoms with Crippen LogP contribution in [0.3, 0.4) is 0 Å². The molecule has 5 rings (SSSR count). The summed E-state index contributed by atoms with van der Waals surface area (Å²) in [6.07, 6.45) is 2.59. The molecule has 0 amide bonds. The first-order valence-electron chi connectivity index (χ1n) is 9.63. The summed E-state index contributed by atoms with van der Waals surface area (Å²) in [5.74, 6) is 0.285. The van der Waals surface area contributed by atoms with E-state index >= 15 is 0 Å². The van der Waals surface area contributed by atoms with Gasteiger partial charge in [-0.3, -0.25) is 0 Å². The van der Waals surface area contributed by atoms with Crippen LogP contribution in [0.2, 0.25) is 5.02 Å². The van der Waals surface area contributed by atoms with E-state index in [1.54, 1.807) is 12.3 Å². The molecule has 1 aliphatic heterocycles. The molecule has 0 spiro atoms. The van der Waals surface area contributed by atoms with Gasteiger partial charge in [-0.25, -0.2) is 14.4 Å². The zero-order chi connectivity index (χ0) is 20.1. The number of fused-ring (bicyclic) bond motifs is 3. The fraction of sp³-hybridized carbons (Fsp3) is 0.217. The molecule has 3 heterocycles. The van der Waals surface area contributed by atoms with E-state index in [1.165, 1.54) is 17.2 Å². The first-order chi connectivity index (χ1) is 14.0. The van der Waals surface area contributed by atoms with Crippen molar-refractivity contribution in [2.75, 3.05) is 11.4 Å². The monoisotopic (exact) mass is 406 g/mol. The molecule has 0 saturated heterocycles. The van der Waals surface area contributed by atoms with Gasteiger partial charge in [-0.1, -0.05) is 41.4 Å². The van der Waals surface area contributed by atoms with Crippen molar-refractivity contribution in [2.45, 2.75) is 26.3 Å². The average Bonchev–Trinajstić information content (AvgIpc) is 3.06. The predicted molar refractivity (Wildman–Crippen MR) is 114 cm³/mol. The van der Waals surface area contributed by atoms with Gasteiger partial charge in [0.1, 0.15) is 5.82 Å². The van der Waals surface area contributed by atoms with Gasteiger partial charge in [0.15, 0.2) is 0 Å². The second-order valence-electron chi connectivity index (χ2n) is 7.58. The third-order valence-corrected chi connectivity index (χ3v) is 5.89. The van der Waals surface area contributed by atoms with Gasteiger partial charge in [-0.2, -0.15) is 0 Å². The van der Waals surface area contributed by atoms with E-state index in [0.29, 0.717) is 5.95 Å². The Balaban J connectivity index is 1.73. The Morgan fingerprint density at radius 1 is 1.14 bits per heavy atom. The average molecular weight is 407 g/mol. The summed E-state index contributed by atoms with van der Waals surface area (Å²) in [5, 5.41) is 1.13. The number of halogens is 2. The van der Waals surface area contributed by atoms with Gasteiger partial charge in [0.2, 0.25) is 5.95 Å². The Hall–Kier alpha value is -2.92. The Morgan fingerprint density at radius 3 is 2.69 bits per heavy atom. The first-order valence-corrected chi connectivity index (χ1v) is 10.0. The predicted octanol–water partition coefficient (Wildman–Crippen LogP) is 5.52. The molecule has 146 valence electrons. The lowest BCUT2D eigenvalue weighted by Gasteiger charge is -2.36. The lowest BCUT2D eigenvalue weighted by molar-refractivity contribution is 0.625. The molecule has 0 fully saturated rings. The van der Waals surface area contributed by atoms with Gasteiger partial charge in [0.25, 0.3) is 0 Å². The van der Waals surface area contributed by atoms with E-state index < -0.39 is 5.82 Å². The Bertz CT molecular complexity index is 1220. The summed E-state index contributed by atoms with van der Waals surface area (Å²) < 4.78 is 14.1. The number of hydrogen-bond donors (Lipinski definition) is 1. The molecule has 2 aromatic heterocycles. The number of rotatable bonds is 2. The quantitative estimate of drug-likeness (QED) is 0.476. The maximum absolute atomic E-state index is 14.1. The van der Waals surface area contributed by atoms with Crippen LogP contribution in [-0.4, -0.2) is 21.5 Å². The fourth-order valence-electron chi connectivity index (χ4n) is 4.17. The zero-order valence-electron chi connectivity index (χ0n) is 16.2. The summed E-state index contributed by atoms with van der Waals surface area (Å²) in [4.78, 5) is 14.9. The summed E-state index contributed by atoms with van der Waals surface area (Å²) in [7, 11) is 0. The number of aromatic nitrogens is 3. The topological polar surface area (TPSA) is 44.8 Å². The Morgan fingerprint density at radius 2 is 1.93 bits per heavy atom. The molecule has 6 heteroatoms. The lowest BCUT2D eigenvalue weighted by Crippen LogP contribution is -2.37. The normalized spacial score (nSPS) is 16.3. The van der Waals surface area contributed by atoms with Crippen molar-refractivity contribution in [1.82, 2.24) is 15.0 Å². The largest absolute Gasteiger partial charge is 0.356 e. The van der Waals surface area contributed by atoms with Crippen molar-refractivity contribution in [1.29, 1.82) is 0 Å². The van der Waals surface area contributed by atoms with Crippen molar-refractivity contribution in [3.63, 3.8) is 0 Å². The number of nitrogens with one attached hydrogen (secondary N) is 1. The number of aryl methyl sites for hydroxylation is 2. The minimum absolute atomic E-state index is 0.0876. The third-order valence-electron chi connectivity index (χ3n) is 5.60. The zero-order valence-corrected chi connectivity index (χ0v) is 17.0. The van der Waals surface area contributed by atoms with Crippen molar-refractivity contribution in [3.8, 4) is 0 Å².